The molecule has 0 unspecified atom stereocenters. The molecule has 1 fully saturated rings. The summed E-state index contributed by atoms with van der Waals surface area (Å²) < 4.78 is 6.04. The number of carboxylic acid groups (broad SMARTS) is 1. The van der Waals surface area contributed by atoms with E-state index in [1.807, 2.05) is 0 Å². The maximum atomic E-state index is 12.3. The monoisotopic (exact) mass is 260 g/mol. The second-order valence-electron chi connectivity index (χ2n) is 5.43. The third-order valence-corrected chi connectivity index (χ3v) is 4.11. The first kappa shape index (κ1) is 12.2. The molecule has 0 saturated heterocycles. The zero-order chi connectivity index (χ0) is 13.5. The SMILES string of the molecule is O=C(O)c1cccc2c1C(=O)CC1(CCCCC1)O2. The van der Waals surface area contributed by atoms with Crippen molar-refractivity contribution >= 4 is 11.8 Å². The highest BCUT2D eigenvalue weighted by Gasteiger charge is 2.42. The van der Waals surface area contributed by atoms with E-state index in [1.165, 1.54) is 12.5 Å². The van der Waals surface area contributed by atoms with Crippen LogP contribution in [0.2, 0.25) is 0 Å². The number of hydrogen-bond acceptors (Lipinski definition) is 3. The molecule has 0 amide bonds. The van der Waals surface area contributed by atoms with Gasteiger partial charge in [0, 0.05) is 0 Å². The summed E-state index contributed by atoms with van der Waals surface area (Å²) in [6, 6.07) is 4.80. The molecule has 1 aromatic rings. The van der Waals surface area contributed by atoms with E-state index in [9.17, 15) is 9.59 Å². The molecule has 100 valence electrons. The molecule has 4 nitrogen and oxygen atoms in total. The number of carboxylic acids is 1. The molecule has 1 aliphatic heterocycles. The van der Waals surface area contributed by atoms with Crippen LogP contribution in [0, 0.1) is 0 Å². The number of rotatable bonds is 1. The van der Waals surface area contributed by atoms with E-state index < -0.39 is 5.97 Å². The molecule has 1 aliphatic carbocycles. The van der Waals surface area contributed by atoms with Crippen molar-refractivity contribution in [3.63, 3.8) is 0 Å². The van der Waals surface area contributed by atoms with E-state index in [1.54, 1.807) is 12.1 Å². The van der Waals surface area contributed by atoms with E-state index in [2.05, 4.69) is 0 Å². The standard InChI is InChI=1S/C15H16O4/c16-11-9-15(7-2-1-3-8-15)19-12-6-4-5-10(13(11)12)14(17)18/h4-6H,1-3,7-9H2,(H,17,18). The maximum absolute atomic E-state index is 12.3. The van der Waals surface area contributed by atoms with E-state index in [0.29, 0.717) is 12.2 Å². The van der Waals surface area contributed by atoms with Crippen molar-refractivity contribution < 1.29 is 19.4 Å². The van der Waals surface area contributed by atoms with Crippen molar-refractivity contribution in [3.8, 4) is 5.75 Å². The second kappa shape index (κ2) is 4.37. The van der Waals surface area contributed by atoms with Gasteiger partial charge in [-0.15, -0.1) is 0 Å². The first-order valence-corrected chi connectivity index (χ1v) is 6.70. The van der Waals surface area contributed by atoms with Gasteiger partial charge in [0.2, 0.25) is 0 Å². The fourth-order valence-corrected chi connectivity index (χ4v) is 3.21. The molecule has 19 heavy (non-hydrogen) atoms. The molecule has 2 aliphatic rings. The van der Waals surface area contributed by atoms with Crippen LogP contribution >= 0.6 is 0 Å². The Morgan fingerprint density at radius 2 is 1.95 bits per heavy atom. The summed E-state index contributed by atoms with van der Waals surface area (Å²) in [4.78, 5) is 23.5. The van der Waals surface area contributed by atoms with Crippen LogP contribution in [0.1, 0.15) is 59.2 Å². The molecule has 0 atom stereocenters. The third-order valence-electron chi connectivity index (χ3n) is 4.11. The molecule has 3 rings (SSSR count). The number of carbonyl (C=O) groups excluding carboxylic acids is 1. The Kier molecular flexibility index (Phi) is 2.81. The average Bonchev–Trinajstić information content (AvgIpc) is 2.38. The minimum atomic E-state index is -1.08. The Morgan fingerprint density at radius 1 is 1.21 bits per heavy atom. The molecule has 1 N–H and O–H groups in total. The first-order chi connectivity index (χ1) is 9.11. The number of aromatic carboxylic acids is 1. The van der Waals surface area contributed by atoms with Gasteiger partial charge in [0.05, 0.1) is 17.5 Å². The van der Waals surface area contributed by atoms with Crippen LogP contribution in [-0.2, 0) is 0 Å². The zero-order valence-electron chi connectivity index (χ0n) is 10.6. The quantitative estimate of drug-likeness (QED) is 0.842. The van der Waals surface area contributed by atoms with Gasteiger partial charge in [-0.1, -0.05) is 12.5 Å². The van der Waals surface area contributed by atoms with Crippen LogP contribution in [0.15, 0.2) is 18.2 Å². The molecular weight excluding hydrogens is 244 g/mol. The zero-order valence-corrected chi connectivity index (χ0v) is 10.6. The molecular formula is C15H16O4. The highest BCUT2D eigenvalue weighted by atomic mass is 16.5. The van der Waals surface area contributed by atoms with E-state index in [-0.39, 0.29) is 22.5 Å². The number of ether oxygens (including phenoxy) is 1. The van der Waals surface area contributed by atoms with Gasteiger partial charge >= 0.3 is 5.97 Å². The Labute approximate surface area is 111 Å². The van der Waals surface area contributed by atoms with Gasteiger partial charge in [-0.05, 0) is 37.8 Å². The molecule has 4 heteroatoms. The summed E-state index contributed by atoms with van der Waals surface area (Å²) in [5.74, 6) is -0.729. The van der Waals surface area contributed by atoms with E-state index in [0.717, 1.165) is 25.7 Å². The van der Waals surface area contributed by atoms with Crippen LogP contribution in [-0.4, -0.2) is 22.5 Å². The lowest BCUT2D eigenvalue weighted by atomic mass is 9.78. The average molecular weight is 260 g/mol. The van der Waals surface area contributed by atoms with Gasteiger partial charge in [-0.3, -0.25) is 4.79 Å². The van der Waals surface area contributed by atoms with Crippen molar-refractivity contribution in [1.29, 1.82) is 0 Å². The van der Waals surface area contributed by atoms with Crippen LogP contribution in [0.4, 0.5) is 0 Å². The van der Waals surface area contributed by atoms with Crippen LogP contribution in [0.25, 0.3) is 0 Å². The summed E-state index contributed by atoms with van der Waals surface area (Å²) >= 11 is 0. The van der Waals surface area contributed by atoms with Gasteiger partial charge in [-0.2, -0.15) is 0 Å². The molecule has 0 radical (unpaired) electrons. The van der Waals surface area contributed by atoms with Gasteiger partial charge in [-0.25, -0.2) is 4.79 Å². The van der Waals surface area contributed by atoms with E-state index >= 15 is 0 Å². The number of fused-ring (bicyclic) bond motifs is 1. The third kappa shape index (κ3) is 2.01. The smallest absolute Gasteiger partial charge is 0.336 e. The predicted molar refractivity (Wildman–Crippen MR) is 68.8 cm³/mol. The lowest BCUT2D eigenvalue weighted by molar-refractivity contribution is 0.0131. The fourth-order valence-electron chi connectivity index (χ4n) is 3.21. The summed E-state index contributed by atoms with van der Waals surface area (Å²) in [5.41, 5.74) is -0.0984. The second-order valence-corrected chi connectivity index (χ2v) is 5.43. The minimum Gasteiger partial charge on any atom is -0.486 e. The molecule has 0 bridgehead atoms. The predicted octanol–water partition coefficient (Wildman–Crippen LogP) is 3.05. The molecule has 1 spiro atoms. The Bertz CT molecular complexity index is 541. The van der Waals surface area contributed by atoms with Gasteiger partial charge in [0.25, 0.3) is 0 Å². The fraction of sp³-hybridized carbons (Fsp3) is 0.467. The van der Waals surface area contributed by atoms with Crippen LogP contribution < -0.4 is 4.74 Å². The molecule has 1 aromatic carbocycles. The largest absolute Gasteiger partial charge is 0.486 e. The Morgan fingerprint density at radius 3 is 2.63 bits per heavy atom. The van der Waals surface area contributed by atoms with Crippen molar-refractivity contribution in [2.75, 3.05) is 0 Å². The summed E-state index contributed by atoms with van der Waals surface area (Å²) in [6.07, 6.45) is 5.40. The molecule has 1 saturated carbocycles. The topological polar surface area (TPSA) is 63.6 Å². The van der Waals surface area contributed by atoms with Crippen molar-refractivity contribution in [1.82, 2.24) is 0 Å². The van der Waals surface area contributed by atoms with Gasteiger partial charge in [0.1, 0.15) is 11.4 Å². The number of benzene rings is 1. The lowest BCUT2D eigenvalue weighted by Crippen LogP contribution is -2.44. The van der Waals surface area contributed by atoms with Crippen molar-refractivity contribution in [3.05, 3.63) is 29.3 Å². The lowest BCUT2D eigenvalue weighted by Gasteiger charge is -2.40. The van der Waals surface area contributed by atoms with Crippen LogP contribution in [0.5, 0.6) is 5.75 Å². The van der Waals surface area contributed by atoms with Crippen molar-refractivity contribution in [2.24, 2.45) is 0 Å². The summed E-state index contributed by atoms with van der Waals surface area (Å²) in [7, 11) is 0. The number of hydrogen-bond donors (Lipinski definition) is 1. The Hall–Kier alpha value is -1.84. The Balaban J connectivity index is 2.03. The number of Topliss-reactive ketones (excluding diaryl/α,β-unsaturated/α-hetero) is 1. The summed E-state index contributed by atoms with van der Waals surface area (Å²) in [6.45, 7) is 0. The van der Waals surface area contributed by atoms with Gasteiger partial charge in [0.15, 0.2) is 5.78 Å². The maximum Gasteiger partial charge on any atom is 0.336 e. The molecule has 1 heterocycles. The summed E-state index contributed by atoms with van der Waals surface area (Å²) in [5, 5.41) is 9.15. The first-order valence-electron chi connectivity index (χ1n) is 6.70. The number of ketones is 1. The highest BCUT2D eigenvalue weighted by Crippen LogP contribution is 2.42. The van der Waals surface area contributed by atoms with E-state index in [4.69, 9.17) is 9.84 Å². The van der Waals surface area contributed by atoms with Crippen LogP contribution in [0.3, 0.4) is 0 Å². The van der Waals surface area contributed by atoms with Gasteiger partial charge < -0.3 is 9.84 Å². The minimum absolute atomic E-state index is 0.0492. The van der Waals surface area contributed by atoms with Crippen molar-refractivity contribution in [2.45, 2.75) is 44.1 Å². The number of carbonyl (C=O) groups is 2. The molecule has 0 aromatic heterocycles. The normalized spacial score (nSPS) is 20.7. The highest BCUT2D eigenvalue weighted by molar-refractivity contribution is 6.08.